The third-order valence-corrected chi connectivity index (χ3v) is 6.27. The Bertz CT molecular complexity index is 1800. The van der Waals surface area contributed by atoms with E-state index in [4.69, 9.17) is 18.6 Å². The lowest BCUT2D eigenvalue weighted by atomic mass is 10.2. The van der Waals surface area contributed by atoms with E-state index in [9.17, 15) is 14.4 Å². The van der Waals surface area contributed by atoms with Gasteiger partial charge in [0.2, 0.25) is 18.3 Å². The fourth-order valence-corrected chi connectivity index (χ4v) is 4.55. The fraction of sp³-hybridized carbons (Fsp3) is 0.179. The van der Waals surface area contributed by atoms with Crippen molar-refractivity contribution >= 4 is 33.7 Å². The van der Waals surface area contributed by atoms with Gasteiger partial charge in [0.1, 0.15) is 23.4 Å². The molecule has 0 bridgehead atoms. The van der Waals surface area contributed by atoms with Crippen LogP contribution in [0.4, 0.5) is 5.69 Å². The number of rotatable bonds is 7. The van der Waals surface area contributed by atoms with E-state index in [0.29, 0.717) is 46.1 Å². The van der Waals surface area contributed by atoms with Crippen LogP contribution in [0.5, 0.6) is 17.2 Å². The van der Waals surface area contributed by atoms with E-state index < -0.39 is 17.2 Å². The maximum atomic E-state index is 13.7. The van der Waals surface area contributed by atoms with Gasteiger partial charge in [-0.1, -0.05) is 18.2 Å². The molecule has 3 aromatic carbocycles. The lowest BCUT2D eigenvalue weighted by molar-refractivity contribution is -0.116. The maximum Gasteiger partial charge on any atom is 0.332 e. The topological polar surface area (TPSA) is 114 Å². The molecule has 6 rings (SSSR count). The molecule has 5 aromatic rings. The molecular formula is C28H23N3O7. The molecule has 1 aliphatic rings. The van der Waals surface area contributed by atoms with E-state index in [1.54, 1.807) is 66.7 Å². The minimum atomic E-state index is -0.631. The number of fused-ring (bicyclic) bond motifs is 4. The molecule has 1 aliphatic heterocycles. The lowest BCUT2D eigenvalue weighted by Crippen LogP contribution is -2.41. The highest BCUT2D eigenvalue weighted by molar-refractivity contribution is 6.03. The number of para-hydroxylation sites is 1. The summed E-state index contributed by atoms with van der Waals surface area (Å²) in [4.78, 5) is 40.3. The van der Waals surface area contributed by atoms with Crippen molar-refractivity contribution < 1.29 is 23.4 Å². The summed E-state index contributed by atoms with van der Waals surface area (Å²) in [5.41, 5.74) is 0.721. The number of carbonyl (C=O) groups is 1. The fourth-order valence-electron chi connectivity index (χ4n) is 4.55. The summed E-state index contributed by atoms with van der Waals surface area (Å²) >= 11 is 0. The van der Waals surface area contributed by atoms with Crippen molar-refractivity contribution in [2.45, 2.75) is 20.0 Å². The molecule has 2 aromatic heterocycles. The molecule has 0 saturated heterocycles. The van der Waals surface area contributed by atoms with E-state index in [2.05, 4.69) is 5.32 Å². The van der Waals surface area contributed by atoms with Gasteiger partial charge < -0.3 is 23.9 Å². The minimum absolute atomic E-state index is 0.000380. The van der Waals surface area contributed by atoms with Gasteiger partial charge >= 0.3 is 5.69 Å². The molecule has 0 unspecified atom stereocenters. The number of nitrogens with zero attached hydrogens (tertiary/aromatic N) is 2. The summed E-state index contributed by atoms with van der Waals surface area (Å²) in [6.07, 6.45) is 0. The number of ether oxygens (including phenoxy) is 3. The van der Waals surface area contributed by atoms with E-state index in [1.807, 2.05) is 6.92 Å². The van der Waals surface area contributed by atoms with E-state index in [1.165, 1.54) is 4.57 Å². The van der Waals surface area contributed by atoms with Crippen LogP contribution in [0.15, 0.2) is 80.7 Å². The first-order chi connectivity index (χ1) is 18.5. The molecule has 0 spiro atoms. The van der Waals surface area contributed by atoms with Crippen LogP contribution in [0, 0.1) is 0 Å². The highest BCUT2D eigenvalue weighted by Gasteiger charge is 2.22. The zero-order valence-electron chi connectivity index (χ0n) is 20.4. The van der Waals surface area contributed by atoms with Crippen molar-refractivity contribution in [3.05, 3.63) is 93.1 Å². The number of hydrogen-bond acceptors (Lipinski definition) is 7. The first-order valence-corrected chi connectivity index (χ1v) is 12.1. The standard InChI is InChI=1S/C28H23N3O7/c1-2-35-19-10-8-18(9-11-19)29-24(32)15-30-25-20-5-3-4-6-21(20)38-26(25)27(33)31(28(30)34)14-17-7-12-22-23(13-17)37-16-36-22/h3-13H,2,14-16H2,1H3,(H,29,32). The summed E-state index contributed by atoms with van der Waals surface area (Å²) in [5, 5.41) is 3.37. The summed E-state index contributed by atoms with van der Waals surface area (Å²) in [6.45, 7) is 2.17. The SMILES string of the molecule is CCOc1ccc(NC(=O)Cn2c(=O)n(Cc3ccc4c(c3)OCO4)c(=O)c3oc4ccccc4c32)cc1. The van der Waals surface area contributed by atoms with Crippen molar-refractivity contribution in [3.8, 4) is 17.2 Å². The van der Waals surface area contributed by atoms with Crippen LogP contribution in [-0.2, 0) is 17.9 Å². The van der Waals surface area contributed by atoms with Crippen molar-refractivity contribution in [1.82, 2.24) is 9.13 Å². The van der Waals surface area contributed by atoms with Crippen molar-refractivity contribution in [2.24, 2.45) is 0 Å². The first kappa shape index (κ1) is 23.4. The van der Waals surface area contributed by atoms with Crippen LogP contribution in [-0.4, -0.2) is 28.4 Å². The van der Waals surface area contributed by atoms with Crippen LogP contribution in [0.25, 0.3) is 22.1 Å². The Morgan fingerprint density at radius 2 is 1.76 bits per heavy atom. The molecule has 0 fully saturated rings. The predicted molar refractivity (Wildman–Crippen MR) is 140 cm³/mol. The van der Waals surface area contributed by atoms with Crippen LogP contribution in [0.3, 0.4) is 0 Å². The Balaban J connectivity index is 1.41. The number of hydrogen-bond donors (Lipinski definition) is 1. The van der Waals surface area contributed by atoms with Crippen LogP contribution >= 0.6 is 0 Å². The Kier molecular flexibility index (Phi) is 5.83. The van der Waals surface area contributed by atoms with Gasteiger partial charge in [-0.05, 0) is 61.0 Å². The Hall–Kier alpha value is -4.99. The highest BCUT2D eigenvalue weighted by atomic mass is 16.7. The van der Waals surface area contributed by atoms with Gasteiger partial charge in [-0.3, -0.25) is 18.7 Å². The molecule has 38 heavy (non-hydrogen) atoms. The van der Waals surface area contributed by atoms with Gasteiger partial charge in [-0.15, -0.1) is 0 Å². The van der Waals surface area contributed by atoms with Crippen molar-refractivity contribution in [1.29, 1.82) is 0 Å². The second kappa shape index (κ2) is 9.47. The number of nitrogens with one attached hydrogen (secondary N) is 1. The van der Waals surface area contributed by atoms with Gasteiger partial charge in [-0.2, -0.15) is 0 Å². The zero-order valence-corrected chi connectivity index (χ0v) is 20.4. The number of anilines is 1. The summed E-state index contributed by atoms with van der Waals surface area (Å²) < 4.78 is 24.4. The van der Waals surface area contributed by atoms with Gasteiger partial charge in [0.25, 0.3) is 5.56 Å². The van der Waals surface area contributed by atoms with Crippen LogP contribution < -0.4 is 30.8 Å². The molecule has 192 valence electrons. The van der Waals surface area contributed by atoms with Gasteiger partial charge in [0, 0.05) is 11.1 Å². The number of amides is 1. The van der Waals surface area contributed by atoms with Crippen LogP contribution in [0.1, 0.15) is 12.5 Å². The molecule has 0 radical (unpaired) electrons. The summed E-state index contributed by atoms with van der Waals surface area (Å²) in [6, 6.07) is 19.2. The Morgan fingerprint density at radius 3 is 2.58 bits per heavy atom. The highest BCUT2D eigenvalue weighted by Crippen LogP contribution is 2.32. The van der Waals surface area contributed by atoms with Crippen molar-refractivity contribution in [2.75, 3.05) is 18.7 Å². The number of benzene rings is 3. The van der Waals surface area contributed by atoms with Crippen molar-refractivity contribution in [3.63, 3.8) is 0 Å². The van der Waals surface area contributed by atoms with Gasteiger partial charge in [0.15, 0.2) is 11.5 Å². The Morgan fingerprint density at radius 1 is 0.974 bits per heavy atom. The van der Waals surface area contributed by atoms with E-state index in [-0.39, 0.29) is 31.0 Å². The maximum absolute atomic E-state index is 13.7. The van der Waals surface area contributed by atoms with Crippen LogP contribution in [0.2, 0.25) is 0 Å². The second-order valence-corrected chi connectivity index (χ2v) is 8.73. The Labute approximate surface area is 215 Å². The smallest absolute Gasteiger partial charge is 0.332 e. The summed E-state index contributed by atoms with van der Waals surface area (Å²) in [5.74, 6) is 1.38. The number of furan rings is 1. The largest absolute Gasteiger partial charge is 0.494 e. The molecule has 3 heterocycles. The predicted octanol–water partition coefficient (Wildman–Crippen LogP) is 3.72. The number of aromatic nitrogens is 2. The third-order valence-electron chi connectivity index (χ3n) is 6.27. The lowest BCUT2D eigenvalue weighted by Gasteiger charge is -2.13. The second-order valence-electron chi connectivity index (χ2n) is 8.73. The molecule has 0 atom stereocenters. The van der Waals surface area contributed by atoms with Gasteiger partial charge in [-0.25, -0.2) is 4.79 Å². The average Bonchev–Trinajstić information content (AvgIpc) is 3.55. The zero-order chi connectivity index (χ0) is 26.2. The molecule has 10 nitrogen and oxygen atoms in total. The molecule has 0 saturated carbocycles. The first-order valence-electron chi connectivity index (χ1n) is 12.1. The molecule has 10 heteroatoms. The molecule has 1 N–H and O–H groups in total. The normalized spacial score (nSPS) is 12.2. The number of carbonyl (C=O) groups excluding carboxylic acids is 1. The van der Waals surface area contributed by atoms with E-state index in [0.717, 1.165) is 4.57 Å². The quantitative estimate of drug-likeness (QED) is 0.353. The average molecular weight is 514 g/mol. The van der Waals surface area contributed by atoms with E-state index >= 15 is 0 Å². The van der Waals surface area contributed by atoms with Gasteiger partial charge in [0.05, 0.1) is 13.2 Å². The molecular weight excluding hydrogens is 490 g/mol. The summed E-state index contributed by atoms with van der Waals surface area (Å²) in [7, 11) is 0. The third kappa shape index (κ3) is 4.15. The monoisotopic (exact) mass is 513 g/mol. The minimum Gasteiger partial charge on any atom is -0.494 e. The molecule has 1 amide bonds. The molecule has 0 aliphatic carbocycles.